The van der Waals surface area contributed by atoms with Gasteiger partial charge in [-0.3, -0.25) is 4.79 Å². The van der Waals surface area contributed by atoms with Gasteiger partial charge >= 0.3 is 0 Å². The number of amides is 1. The lowest BCUT2D eigenvalue weighted by molar-refractivity contribution is -0.119. The Morgan fingerprint density at radius 3 is 2.54 bits per heavy atom. The lowest BCUT2D eigenvalue weighted by Gasteiger charge is -2.14. The second kappa shape index (κ2) is 10.4. The molecule has 26 heavy (non-hydrogen) atoms. The molecule has 0 aliphatic carbocycles. The van der Waals surface area contributed by atoms with Gasteiger partial charge in [-0.15, -0.1) is 0 Å². The van der Waals surface area contributed by atoms with Crippen LogP contribution in [-0.4, -0.2) is 24.7 Å². The van der Waals surface area contributed by atoms with Gasteiger partial charge in [0.25, 0.3) is 0 Å². The number of carbonyl (C=O) groups is 1. The minimum Gasteiger partial charge on any atom is -0.497 e. The fraction of sp³-hybridized carbons (Fsp3) is 0.300. The van der Waals surface area contributed by atoms with E-state index < -0.39 is 0 Å². The minimum atomic E-state index is -0.183. The van der Waals surface area contributed by atoms with Gasteiger partial charge in [0.2, 0.25) is 5.91 Å². The number of benzene rings is 2. The molecule has 2 rings (SSSR count). The molecule has 2 aromatic carbocycles. The lowest BCUT2D eigenvalue weighted by Crippen LogP contribution is -2.35. The minimum absolute atomic E-state index is 0.183. The summed E-state index contributed by atoms with van der Waals surface area (Å²) >= 11 is 5.24. The van der Waals surface area contributed by atoms with Crippen molar-refractivity contribution in [3.8, 4) is 11.5 Å². The van der Waals surface area contributed by atoms with Crippen LogP contribution in [0.3, 0.4) is 0 Å². The van der Waals surface area contributed by atoms with Crippen LogP contribution in [0.2, 0.25) is 0 Å². The van der Waals surface area contributed by atoms with E-state index in [2.05, 4.69) is 17.6 Å². The third-order valence-electron chi connectivity index (χ3n) is 3.67. The second-order valence-electron chi connectivity index (χ2n) is 5.73. The molecule has 0 atom stereocenters. The molecule has 0 spiro atoms. The zero-order valence-corrected chi connectivity index (χ0v) is 15.9. The van der Waals surface area contributed by atoms with Crippen LogP contribution < -0.4 is 20.1 Å². The van der Waals surface area contributed by atoms with Crippen LogP contribution in [-0.2, 0) is 11.2 Å². The highest BCUT2D eigenvalue weighted by molar-refractivity contribution is 7.80. The highest BCUT2D eigenvalue weighted by Gasteiger charge is 2.09. The molecule has 2 N–H and O–H groups in total. The van der Waals surface area contributed by atoms with Crippen LogP contribution in [0.1, 0.15) is 25.3 Å². The molecule has 0 fully saturated rings. The molecule has 138 valence electrons. The monoisotopic (exact) mass is 372 g/mol. The van der Waals surface area contributed by atoms with E-state index in [1.54, 1.807) is 7.11 Å². The maximum atomic E-state index is 12.2. The molecule has 0 saturated heterocycles. The molecule has 6 heteroatoms. The van der Waals surface area contributed by atoms with Crippen LogP contribution in [0.5, 0.6) is 11.5 Å². The van der Waals surface area contributed by atoms with E-state index >= 15 is 0 Å². The molecule has 2 aromatic rings. The number of thiocarbonyl (C=S) groups is 1. The molecule has 0 radical (unpaired) electrons. The summed E-state index contributed by atoms with van der Waals surface area (Å²) in [6, 6.07) is 14.9. The zero-order valence-electron chi connectivity index (χ0n) is 15.1. The molecular formula is C20H24N2O3S. The number of rotatable bonds is 8. The maximum Gasteiger partial charge on any atom is 0.230 e. The molecule has 1 amide bonds. The van der Waals surface area contributed by atoms with Crippen LogP contribution in [0, 0.1) is 0 Å². The Kier molecular flexibility index (Phi) is 7.89. The van der Waals surface area contributed by atoms with Crippen molar-refractivity contribution in [2.75, 3.05) is 19.0 Å². The average molecular weight is 372 g/mol. The van der Waals surface area contributed by atoms with Gasteiger partial charge in [0.15, 0.2) is 5.11 Å². The van der Waals surface area contributed by atoms with E-state index in [-0.39, 0.29) is 17.4 Å². The Morgan fingerprint density at radius 1 is 1.12 bits per heavy atom. The summed E-state index contributed by atoms with van der Waals surface area (Å²) in [5, 5.41) is 5.97. The molecule has 0 aliphatic heterocycles. The van der Waals surface area contributed by atoms with Gasteiger partial charge in [-0.25, -0.2) is 0 Å². The highest BCUT2D eigenvalue weighted by Crippen LogP contribution is 2.23. The summed E-state index contributed by atoms with van der Waals surface area (Å²) in [6.07, 6.45) is 2.28. The third kappa shape index (κ3) is 6.37. The zero-order chi connectivity index (χ0) is 18.8. The number of carbonyl (C=O) groups excluding carboxylic acids is 1. The van der Waals surface area contributed by atoms with Gasteiger partial charge in [-0.1, -0.05) is 37.6 Å². The average Bonchev–Trinajstić information content (AvgIpc) is 2.63. The molecule has 0 heterocycles. The smallest absolute Gasteiger partial charge is 0.230 e. The third-order valence-corrected chi connectivity index (χ3v) is 3.87. The fourth-order valence-corrected chi connectivity index (χ4v) is 2.50. The number of hydrogen-bond donors (Lipinski definition) is 2. The van der Waals surface area contributed by atoms with Gasteiger partial charge in [0, 0.05) is 0 Å². The topological polar surface area (TPSA) is 59.6 Å². The number of nitrogens with one attached hydrogen (secondary N) is 2. The normalized spacial score (nSPS) is 10.1. The van der Waals surface area contributed by atoms with E-state index in [4.69, 9.17) is 21.7 Å². The molecule has 5 nitrogen and oxygen atoms in total. The van der Waals surface area contributed by atoms with Gasteiger partial charge in [0.05, 0.1) is 25.8 Å². The summed E-state index contributed by atoms with van der Waals surface area (Å²) in [7, 11) is 1.61. The second-order valence-corrected chi connectivity index (χ2v) is 6.13. The predicted molar refractivity (Wildman–Crippen MR) is 108 cm³/mol. The Bertz CT molecular complexity index is 732. The SMILES string of the molecule is CCCCOc1ccccc1NC(=S)NC(=O)Cc1ccc(OC)cc1. The summed E-state index contributed by atoms with van der Waals surface area (Å²) in [5.41, 5.74) is 1.62. The summed E-state index contributed by atoms with van der Waals surface area (Å²) in [5.74, 6) is 1.29. The first-order valence-corrected chi connectivity index (χ1v) is 8.98. The fourth-order valence-electron chi connectivity index (χ4n) is 2.28. The highest BCUT2D eigenvalue weighted by atomic mass is 32.1. The Hall–Kier alpha value is -2.60. The van der Waals surface area contributed by atoms with E-state index in [0.717, 1.165) is 29.8 Å². The Morgan fingerprint density at radius 2 is 1.85 bits per heavy atom. The van der Waals surface area contributed by atoms with Crippen molar-refractivity contribution in [2.24, 2.45) is 0 Å². The number of ether oxygens (including phenoxy) is 2. The number of para-hydroxylation sites is 2. The standard InChI is InChI=1S/C20H24N2O3S/c1-3-4-13-25-18-8-6-5-7-17(18)21-20(26)22-19(23)14-15-9-11-16(24-2)12-10-15/h5-12H,3-4,13-14H2,1-2H3,(H2,21,22,23,26). The molecule has 0 bridgehead atoms. The van der Waals surface area contributed by atoms with Crippen LogP contribution >= 0.6 is 12.2 Å². The Balaban J connectivity index is 1.88. The van der Waals surface area contributed by atoms with Crippen molar-refractivity contribution < 1.29 is 14.3 Å². The molecular weight excluding hydrogens is 348 g/mol. The van der Waals surface area contributed by atoms with Gasteiger partial charge in [-0.2, -0.15) is 0 Å². The summed E-state index contributed by atoms with van der Waals surface area (Å²) in [4.78, 5) is 12.2. The van der Waals surface area contributed by atoms with Crippen LogP contribution in [0.4, 0.5) is 5.69 Å². The molecule has 0 aromatic heterocycles. The van der Waals surface area contributed by atoms with Crippen molar-refractivity contribution in [3.05, 3.63) is 54.1 Å². The maximum absolute atomic E-state index is 12.2. The van der Waals surface area contributed by atoms with Gasteiger partial charge in [-0.05, 0) is 48.5 Å². The molecule has 0 unspecified atom stereocenters. The number of hydrogen-bond acceptors (Lipinski definition) is 4. The quantitative estimate of drug-likeness (QED) is 0.543. The number of unbranched alkanes of at least 4 members (excludes halogenated alkanes) is 1. The van der Waals surface area contributed by atoms with E-state index in [9.17, 15) is 4.79 Å². The van der Waals surface area contributed by atoms with Crippen LogP contribution in [0.25, 0.3) is 0 Å². The Labute approximate surface area is 159 Å². The van der Waals surface area contributed by atoms with Crippen molar-refractivity contribution in [3.63, 3.8) is 0 Å². The van der Waals surface area contributed by atoms with E-state index in [1.807, 2.05) is 48.5 Å². The van der Waals surface area contributed by atoms with Crippen LogP contribution in [0.15, 0.2) is 48.5 Å². The largest absolute Gasteiger partial charge is 0.497 e. The van der Waals surface area contributed by atoms with E-state index in [1.165, 1.54) is 0 Å². The number of methoxy groups -OCH3 is 1. The summed E-state index contributed by atoms with van der Waals surface area (Å²) in [6.45, 7) is 2.76. The molecule has 0 saturated carbocycles. The first-order valence-electron chi connectivity index (χ1n) is 8.58. The van der Waals surface area contributed by atoms with E-state index in [0.29, 0.717) is 12.4 Å². The van der Waals surface area contributed by atoms with Gasteiger partial charge in [0.1, 0.15) is 11.5 Å². The van der Waals surface area contributed by atoms with Crippen molar-refractivity contribution in [1.29, 1.82) is 0 Å². The van der Waals surface area contributed by atoms with Crippen molar-refractivity contribution >= 4 is 28.9 Å². The van der Waals surface area contributed by atoms with Crippen molar-refractivity contribution in [1.82, 2.24) is 5.32 Å². The van der Waals surface area contributed by atoms with Gasteiger partial charge < -0.3 is 20.1 Å². The summed E-state index contributed by atoms with van der Waals surface area (Å²) < 4.78 is 10.9. The molecule has 0 aliphatic rings. The predicted octanol–water partition coefficient (Wildman–Crippen LogP) is 3.93. The van der Waals surface area contributed by atoms with Crippen molar-refractivity contribution in [2.45, 2.75) is 26.2 Å². The lowest BCUT2D eigenvalue weighted by atomic mass is 10.1. The first kappa shape index (κ1) is 19.7. The number of anilines is 1. The first-order chi connectivity index (χ1) is 12.6.